The molecule has 0 bridgehead atoms. The number of amides is 2. The zero-order valence-corrected chi connectivity index (χ0v) is 13.8. The third kappa shape index (κ3) is 4.35. The summed E-state index contributed by atoms with van der Waals surface area (Å²) in [5, 5.41) is 9.02. The molecule has 1 saturated heterocycles. The molecule has 2 fully saturated rings. The Labute approximate surface area is 140 Å². The van der Waals surface area contributed by atoms with E-state index in [1.165, 1.54) is 6.20 Å². The van der Waals surface area contributed by atoms with Gasteiger partial charge in [-0.05, 0) is 50.1 Å². The molecule has 0 aromatic heterocycles. The number of halogens is 2. The van der Waals surface area contributed by atoms with Crippen molar-refractivity contribution in [3.8, 4) is 0 Å². The summed E-state index contributed by atoms with van der Waals surface area (Å²) in [5.41, 5.74) is 0. The maximum absolute atomic E-state index is 13.8. The minimum Gasteiger partial charge on any atom is -0.335 e. The van der Waals surface area contributed by atoms with Crippen molar-refractivity contribution < 1.29 is 9.18 Å². The lowest BCUT2D eigenvalue weighted by Gasteiger charge is -2.33. The van der Waals surface area contributed by atoms with Crippen molar-refractivity contribution in [3.63, 3.8) is 0 Å². The van der Waals surface area contributed by atoms with Crippen molar-refractivity contribution >= 4 is 22.9 Å². The number of urea groups is 1. The fraction of sp³-hybridized carbons (Fsp3) is 0.733. The Morgan fingerprint density at radius 3 is 2.83 bits per heavy atom. The van der Waals surface area contributed by atoms with Gasteiger partial charge in [0, 0.05) is 31.4 Å². The van der Waals surface area contributed by atoms with E-state index in [1.54, 1.807) is 0 Å². The number of rotatable bonds is 3. The lowest BCUT2D eigenvalue weighted by Crippen LogP contribution is -2.50. The molecule has 3 unspecified atom stereocenters. The van der Waals surface area contributed by atoms with Gasteiger partial charge < -0.3 is 15.5 Å². The van der Waals surface area contributed by atoms with Crippen molar-refractivity contribution in [2.24, 2.45) is 4.99 Å². The Morgan fingerprint density at radius 2 is 2.04 bits per heavy atom. The summed E-state index contributed by atoms with van der Waals surface area (Å²) in [7, 11) is 0. The normalized spacial score (nSPS) is 31.2. The van der Waals surface area contributed by atoms with Gasteiger partial charge in [-0.3, -0.25) is 5.32 Å². The maximum atomic E-state index is 13.8. The molecule has 128 valence electrons. The molecule has 2 aliphatic heterocycles. The molecule has 6 nitrogen and oxygen atoms in total. The van der Waals surface area contributed by atoms with Crippen LogP contribution in [0.3, 0.4) is 0 Å². The van der Waals surface area contributed by atoms with Crippen LogP contribution in [0.5, 0.6) is 0 Å². The van der Waals surface area contributed by atoms with Gasteiger partial charge in [0.05, 0.1) is 0 Å². The van der Waals surface area contributed by atoms with Crippen LogP contribution in [-0.2, 0) is 0 Å². The van der Waals surface area contributed by atoms with Crippen LogP contribution in [0, 0.1) is 0 Å². The number of hydrogen-bond acceptors (Lipinski definition) is 4. The standard InChI is InChI=1S/C15H23ClFN5O/c16-14-18-9-12(17)13(21-14)19-10-4-3-5-11(8-10)20-15(23)22-6-1-2-7-22/h9-11,13,19H,1-8H2,(H,18,21)(H,20,23). The van der Waals surface area contributed by atoms with Gasteiger partial charge in [-0.2, -0.15) is 0 Å². The number of nitrogens with one attached hydrogen (secondary N) is 3. The second-order valence-electron chi connectivity index (χ2n) is 6.37. The van der Waals surface area contributed by atoms with E-state index in [0.29, 0.717) is 0 Å². The third-order valence-electron chi connectivity index (χ3n) is 4.62. The van der Waals surface area contributed by atoms with Crippen LogP contribution in [0.2, 0.25) is 0 Å². The third-order valence-corrected chi connectivity index (χ3v) is 4.83. The summed E-state index contributed by atoms with van der Waals surface area (Å²) in [6, 6.07) is 0.271. The highest BCUT2D eigenvalue weighted by Gasteiger charge is 2.28. The van der Waals surface area contributed by atoms with Crippen LogP contribution in [0.4, 0.5) is 9.18 Å². The molecule has 1 aliphatic carbocycles. The van der Waals surface area contributed by atoms with E-state index < -0.39 is 6.17 Å². The van der Waals surface area contributed by atoms with Gasteiger partial charge in [0.1, 0.15) is 0 Å². The van der Waals surface area contributed by atoms with E-state index in [0.717, 1.165) is 51.6 Å². The molecule has 3 rings (SSSR count). The number of nitrogens with zero attached hydrogens (tertiary/aromatic N) is 2. The largest absolute Gasteiger partial charge is 0.335 e. The quantitative estimate of drug-likeness (QED) is 0.687. The minimum atomic E-state index is -0.734. The topological polar surface area (TPSA) is 68.8 Å². The molecule has 0 spiro atoms. The first-order valence-electron chi connectivity index (χ1n) is 8.29. The molecule has 1 saturated carbocycles. The minimum absolute atomic E-state index is 0.0298. The SMILES string of the molecule is O=C(NC1CCCC(NC2N=C(Cl)NC=C2F)C1)N1CCCC1. The first-order chi connectivity index (χ1) is 11.1. The summed E-state index contributed by atoms with van der Waals surface area (Å²) in [6.45, 7) is 1.69. The fourth-order valence-corrected chi connectivity index (χ4v) is 3.57. The van der Waals surface area contributed by atoms with Crippen molar-refractivity contribution in [3.05, 3.63) is 12.0 Å². The highest BCUT2D eigenvalue weighted by Crippen LogP contribution is 2.22. The summed E-state index contributed by atoms with van der Waals surface area (Å²) in [6.07, 6.45) is 6.35. The van der Waals surface area contributed by atoms with Crippen LogP contribution in [0.1, 0.15) is 38.5 Å². The van der Waals surface area contributed by atoms with Gasteiger partial charge in [0.25, 0.3) is 0 Å². The Hall–Kier alpha value is -1.34. The summed E-state index contributed by atoms with van der Waals surface area (Å²) in [4.78, 5) is 18.1. The average Bonchev–Trinajstić information content (AvgIpc) is 3.06. The lowest BCUT2D eigenvalue weighted by molar-refractivity contribution is 0.196. The van der Waals surface area contributed by atoms with E-state index in [1.807, 2.05) is 4.90 Å². The van der Waals surface area contributed by atoms with E-state index >= 15 is 0 Å². The predicted molar refractivity (Wildman–Crippen MR) is 87.9 cm³/mol. The molecular weight excluding hydrogens is 321 g/mol. The van der Waals surface area contributed by atoms with Gasteiger partial charge in [-0.1, -0.05) is 0 Å². The first kappa shape index (κ1) is 16.5. The molecule has 2 amide bonds. The van der Waals surface area contributed by atoms with E-state index in [9.17, 15) is 9.18 Å². The molecule has 2 heterocycles. The van der Waals surface area contributed by atoms with Crippen molar-refractivity contribution in [2.75, 3.05) is 13.1 Å². The van der Waals surface area contributed by atoms with Crippen molar-refractivity contribution in [1.29, 1.82) is 0 Å². The molecule has 23 heavy (non-hydrogen) atoms. The maximum Gasteiger partial charge on any atom is 0.317 e. The van der Waals surface area contributed by atoms with Crippen LogP contribution < -0.4 is 16.0 Å². The summed E-state index contributed by atoms with van der Waals surface area (Å²) < 4.78 is 13.8. The Balaban J connectivity index is 1.50. The predicted octanol–water partition coefficient (Wildman–Crippen LogP) is 2.03. The lowest BCUT2D eigenvalue weighted by atomic mass is 9.91. The summed E-state index contributed by atoms with van der Waals surface area (Å²) in [5.74, 6) is -0.377. The van der Waals surface area contributed by atoms with Gasteiger partial charge in [-0.15, -0.1) is 0 Å². The molecule has 3 aliphatic rings. The Bertz CT molecular complexity index is 506. The highest BCUT2D eigenvalue weighted by molar-refractivity contribution is 6.64. The van der Waals surface area contributed by atoms with Crippen LogP contribution in [-0.4, -0.2) is 47.6 Å². The van der Waals surface area contributed by atoms with Crippen LogP contribution in [0.25, 0.3) is 0 Å². The highest BCUT2D eigenvalue weighted by atomic mass is 35.5. The molecule has 0 aromatic rings. The number of hydrogen-bond donors (Lipinski definition) is 3. The molecule has 0 radical (unpaired) electrons. The smallest absolute Gasteiger partial charge is 0.317 e. The molecule has 3 atom stereocenters. The second-order valence-corrected chi connectivity index (χ2v) is 6.72. The van der Waals surface area contributed by atoms with E-state index in [2.05, 4.69) is 20.9 Å². The average molecular weight is 344 g/mol. The van der Waals surface area contributed by atoms with Crippen LogP contribution in [0.15, 0.2) is 17.0 Å². The van der Waals surface area contributed by atoms with Crippen molar-refractivity contribution in [1.82, 2.24) is 20.9 Å². The second kappa shape index (κ2) is 7.49. The number of carbonyl (C=O) groups is 1. The fourth-order valence-electron chi connectivity index (χ4n) is 3.42. The molecule has 3 N–H and O–H groups in total. The van der Waals surface area contributed by atoms with Crippen LogP contribution >= 0.6 is 11.6 Å². The first-order valence-corrected chi connectivity index (χ1v) is 8.66. The molecule has 0 aromatic carbocycles. The monoisotopic (exact) mass is 343 g/mol. The molecule has 8 heteroatoms. The zero-order valence-electron chi connectivity index (χ0n) is 13.0. The van der Waals surface area contributed by atoms with Gasteiger partial charge >= 0.3 is 6.03 Å². The summed E-state index contributed by atoms with van der Waals surface area (Å²) >= 11 is 5.79. The number of amidine groups is 1. The number of likely N-dealkylation sites (tertiary alicyclic amines) is 1. The molecular formula is C15H23ClFN5O. The number of aliphatic imine (C=N–C) groups is 1. The zero-order chi connectivity index (χ0) is 16.2. The van der Waals surface area contributed by atoms with Crippen molar-refractivity contribution in [2.45, 2.75) is 56.8 Å². The number of carbonyl (C=O) groups excluding carboxylic acids is 1. The Kier molecular flexibility index (Phi) is 5.38. The van der Waals surface area contributed by atoms with E-state index in [4.69, 9.17) is 11.6 Å². The van der Waals surface area contributed by atoms with Gasteiger partial charge in [0.2, 0.25) is 0 Å². The Morgan fingerprint density at radius 1 is 1.30 bits per heavy atom. The van der Waals surface area contributed by atoms with E-state index in [-0.39, 0.29) is 29.2 Å². The van der Waals surface area contributed by atoms with Gasteiger partial charge in [-0.25, -0.2) is 14.2 Å². The van der Waals surface area contributed by atoms with Gasteiger partial charge in [0.15, 0.2) is 17.3 Å².